The van der Waals surface area contributed by atoms with Gasteiger partial charge in [-0.25, -0.2) is 0 Å². The molecule has 0 aromatic rings. The van der Waals surface area contributed by atoms with Crippen LogP contribution in [-0.4, -0.2) is 0 Å². The monoisotopic (exact) mass is 234 g/mol. The first kappa shape index (κ1) is 10.7. The molecule has 0 spiro atoms. The molecule has 2 heteroatoms. The summed E-state index contributed by atoms with van der Waals surface area (Å²) in [5.74, 6) is 0. The summed E-state index contributed by atoms with van der Waals surface area (Å²) in [6, 6.07) is 0. The van der Waals surface area contributed by atoms with Crippen molar-refractivity contribution in [1.82, 2.24) is 0 Å². The van der Waals surface area contributed by atoms with Crippen LogP contribution < -0.4 is 0 Å². The third-order valence-corrected chi connectivity index (χ3v) is 4.95. The molecule has 0 fully saturated rings. The van der Waals surface area contributed by atoms with Crippen molar-refractivity contribution in [3.8, 4) is 0 Å². The zero-order chi connectivity index (χ0) is 6.69. The zero-order valence-electron chi connectivity index (χ0n) is 6.48. The molecule has 0 N–H and O–H groups in total. The van der Waals surface area contributed by atoms with Crippen LogP contribution >= 0.6 is 12.4 Å². The van der Waals surface area contributed by atoms with E-state index in [0.717, 1.165) is 0 Å². The Balaban J connectivity index is 0.000000810. The van der Waals surface area contributed by atoms with Gasteiger partial charge in [-0.2, -0.15) is 0 Å². The average molecular weight is 236 g/mol. The van der Waals surface area contributed by atoms with Gasteiger partial charge >= 0.3 is 68.6 Å². The second-order valence-corrected chi connectivity index (χ2v) is 6.39. The van der Waals surface area contributed by atoms with Crippen molar-refractivity contribution in [2.24, 2.45) is 0 Å². The van der Waals surface area contributed by atoms with Crippen molar-refractivity contribution in [1.29, 1.82) is 0 Å². The van der Waals surface area contributed by atoms with Crippen molar-refractivity contribution in [3.63, 3.8) is 0 Å². The van der Waals surface area contributed by atoms with E-state index in [1.165, 1.54) is 10.5 Å². The Morgan fingerprint density at radius 2 is 2.30 bits per heavy atom. The third-order valence-electron chi connectivity index (χ3n) is 1.56. The standard InChI is InChI=1S/C6H7.C2H5.ClH.Zr/c1-6-4-2-3-5-6;1-2;;/h2,4H,3H2,1H3;1H2,2H3;1H;. The molecule has 0 saturated heterocycles. The van der Waals surface area contributed by atoms with Crippen LogP contribution in [-0.2, 0) is 23.2 Å². The fraction of sp³-hybridized carbons (Fsp3) is 0.500. The summed E-state index contributed by atoms with van der Waals surface area (Å²) in [5, 5.41) is 0. The van der Waals surface area contributed by atoms with E-state index in [-0.39, 0.29) is 35.6 Å². The Morgan fingerprint density at radius 3 is 2.70 bits per heavy atom. The van der Waals surface area contributed by atoms with Gasteiger partial charge in [0.1, 0.15) is 0 Å². The number of hydrogen-bond acceptors (Lipinski definition) is 0. The Labute approximate surface area is 80.8 Å². The molecule has 0 heterocycles. The van der Waals surface area contributed by atoms with Crippen molar-refractivity contribution >= 4 is 12.4 Å². The van der Waals surface area contributed by atoms with Gasteiger partial charge in [0.05, 0.1) is 0 Å². The van der Waals surface area contributed by atoms with Crippen LogP contribution in [0.2, 0.25) is 4.13 Å². The van der Waals surface area contributed by atoms with Crippen LogP contribution in [0.1, 0.15) is 20.3 Å². The minimum absolute atomic E-state index is 0. The second kappa shape index (κ2) is 5.32. The van der Waals surface area contributed by atoms with Gasteiger partial charge in [-0.1, -0.05) is 0 Å². The molecule has 10 heavy (non-hydrogen) atoms. The van der Waals surface area contributed by atoms with Gasteiger partial charge in [-0.15, -0.1) is 12.4 Å². The predicted octanol–water partition coefficient (Wildman–Crippen LogP) is 3.16. The summed E-state index contributed by atoms with van der Waals surface area (Å²) in [7, 11) is 0. The SMILES string of the molecule is C[CH2][Zr][C]1=C(C)C=CC1.Cl. The van der Waals surface area contributed by atoms with E-state index in [0.29, 0.717) is 0 Å². The van der Waals surface area contributed by atoms with Crippen LogP contribution in [0.5, 0.6) is 0 Å². The first-order chi connectivity index (χ1) is 4.34. The first-order valence-electron chi connectivity index (χ1n) is 3.44. The molecule has 0 aliphatic heterocycles. The normalized spacial score (nSPS) is 15.4. The summed E-state index contributed by atoms with van der Waals surface area (Å²) in [6.45, 7) is 4.56. The largest absolute Gasteiger partial charge is 0.147 e. The fourth-order valence-electron chi connectivity index (χ4n) is 1.04. The summed E-state index contributed by atoms with van der Waals surface area (Å²) in [6.07, 6.45) is 5.85. The van der Waals surface area contributed by atoms with Crippen molar-refractivity contribution in [2.75, 3.05) is 0 Å². The Hall–Kier alpha value is 0.653. The van der Waals surface area contributed by atoms with Crippen molar-refractivity contribution < 1.29 is 23.2 Å². The molecule has 0 unspecified atom stereocenters. The molecule has 0 bridgehead atoms. The first-order valence-corrected chi connectivity index (χ1v) is 6.41. The molecule has 0 aromatic carbocycles. The van der Waals surface area contributed by atoms with Gasteiger partial charge in [-0.05, 0) is 0 Å². The van der Waals surface area contributed by atoms with Crippen molar-refractivity contribution in [2.45, 2.75) is 24.4 Å². The maximum Gasteiger partial charge on any atom is -0.147 e. The molecule has 0 saturated carbocycles. The molecule has 1 aliphatic carbocycles. The van der Waals surface area contributed by atoms with Crippen LogP contribution in [0.15, 0.2) is 21.0 Å². The van der Waals surface area contributed by atoms with E-state index >= 15 is 0 Å². The molecule has 0 radical (unpaired) electrons. The molecule has 56 valence electrons. The number of hydrogen-bond donors (Lipinski definition) is 0. The average Bonchev–Trinajstić information content (AvgIpc) is 2.18. The summed E-state index contributed by atoms with van der Waals surface area (Å²) >= 11 is -0.0837. The molecule has 1 rings (SSSR count). The predicted molar refractivity (Wildman–Crippen MR) is 44.2 cm³/mol. The second-order valence-electron chi connectivity index (χ2n) is 2.30. The third kappa shape index (κ3) is 2.72. The van der Waals surface area contributed by atoms with E-state index in [9.17, 15) is 0 Å². The minimum Gasteiger partial charge on any atom is -0.147 e. The number of rotatable bonds is 2. The molecular weight excluding hydrogens is 223 g/mol. The molecular formula is C8H13ClZr. The Kier molecular flexibility index (Phi) is 5.67. The molecule has 1 aliphatic rings. The molecule has 0 aromatic heterocycles. The van der Waals surface area contributed by atoms with Gasteiger partial charge in [0.2, 0.25) is 0 Å². The summed E-state index contributed by atoms with van der Waals surface area (Å²) in [4.78, 5) is 0. The number of allylic oxidation sites excluding steroid dienone is 4. The minimum atomic E-state index is -0.0837. The van der Waals surface area contributed by atoms with Crippen molar-refractivity contribution in [3.05, 3.63) is 21.0 Å². The van der Waals surface area contributed by atoms with Crippen LogP contribution in [0.25, 0.3) is 0 Å². The zero-order valence-corrected chi connectivity index (χ0v) is 9.75. The number of halogens is 1. The quantitative estimate of drug-likeness (QED) is 0.690. The Bertz CT molecular complexity index is 159. The van der Waals surface area contributed by atoms with Gasteiger partial charge in [0, 0.05) is 0 Å². The van der Waals surface area contributed by atoms with Crippen LogP contribution in [0.3, 0.4) is 0 Å². The van der Waals surface area contributed by atoms with E-state index in [2.05, 4.69) is 26.0 Å². The van der Waals surface area contributed by atoms with E-state index in [4.69, 9.17) is 0 Å². The molecule has 0 atom stereocenters. The van der Waals surface area contributed by atoms with Gasteiger partial charge in [-0.3, -0.25) is 0 Å². The fourth-order valence-corrected chi connectivity index (χ4v) is 3.62. The summed E-state index contributed by atoms with van der Waals surface area (Å²) in [5.41, 5.74) is 1.57. The topological polar surface area (TPSA) is 0 Å². The van der Waals surface area contributed by atoms with E-state index in [1.807, 2.05) is 0 Å². The van der Waals surface area contributed by atoms with E-state index in [1.54, 1.807) is 8.85 Å². The van der Waals surface area contributed by atoms with E-state index < -0.39 is 0 Å². The van der Waals surface area contributed by atoms with Gasteiger partial charge in [0.15, 0.2) is 0 Å². The summed E-state index contributed by atoms with van der Waals surface area (Å²) < 4.78 is 3.26. The maximum atomic E-state index is 2.31. The van der Waals surface area contributed by atoms with Crippen LogP contribution in [0, 0.1) is 0 Å². The molecule has 0 nitrogen and oxygen atoms in total. The van der Waals surface area contributed by atoms with Gasteiger partial charge < -0.3 is 0 Å². The maximum absolute atomic E-state index is 2.31. The van der Waals surface area contributed by atoms with Crippen LogP contribution in [0.4, 0.5) is 0 Å². The molecule has 0 amide bonds. The smallest absolute Gasteiger partial charge is 0.147 e. The Morgan fingerprint density at radius 1 is 1.60 bits per heavy atom. The van der Waals surface area contributed by atoms with Gasteiger partial charge in [0.25, 0.3) is 0 Å².